The van der Waals surface area contributed by atoms with Crippen molar-refractivity contribution in [2.45, 2.75) is 12.5 Å². The topological polar surface area (TPSA) is 56.0 Å². The summed E-state index contributed by atoms with van der Waals surface area (Å²) in [6.45, 7) is -0.270. The Kier molecular flexibility index (Phi) is 4.85. The van der Waals surface area contributed by atoms with Crippen molar-refractivity contribution < 1.29 is 13.9 Å². The van der Waals surface area contributed by atoms with Gasteiger partial charge in [-0.15, -0.1) is 0 Å². The molecule has 0 saturated carbocycles. The van der Waals surface area contributed by atoms with Gasteiger partial charge in [0.2, 0.25) is 0 Å². The van der Waals surface area contributed by atoms with Gasteiger partial charge in [0.15, 0.2) is 11.6 Å². The first-order valence-corrected chi connectivity index (χ1v) is 6.44. The van der Waals surface area contributed by atoms with E-state index in [9.17, 15) is 13.9 Å². The summed E-state index contributed by atoms with van der Waals surface area (Å²) in [4.78, 5) is 0. The van der Waals surface area contributed by atoms with E-state index in [1.807, 2.05) is 30.3 Å². The van der Waals surface area contributed by atoms with Crippen LogP contribution in [-0.2, 0) is 6.42 Å². The number of rotatable bonds is 5. The number of halogens is 2. The normalized spacial score (nSPS) is 11.7. The van der Waals surface area contributed by atoms with Crippen molar-refractivity contribution in [1.29, 1.82) is 5.26 Å². The summed E-state index contributed by atoms with van der Waals surface area (Å²) in [6, 6.07) is 12.4. The lowest BCUT2D eigenvalue weighted by molar-refractivity contribution is 0.273. The zero-order valence-electron chi connectivity index (χ0n) is 11.2. The summed E-state index contributed by atoms with van der Waals surface area (Å²) < 4.78 is 27.6. The van der Waals surface area contributed by atoms with E-state index in [1.54, 1.807) is 6.07 Å². The Balaban J connectivity index is 2.18. The van der Waals surface area contributed by atoms with Crippen molar-refractivity contribution in [3.63, 3.8) is 0 Å². The molecule has 0 radical (unpaired) electrons. The fraction of sp³-hybridized carbons (Fsp3) is 0.188. The van der Waals surface area contributed by atoms with Crippen molar-refractivity contribution in [2.75, 3.05) is 11.9 Å². The van der Waals surface area contributed by atoms with Gasteiger partial charge >= 0.3 is 0 Å². The minimum absolute atomic E-state index is 0.0841. The van der Waals surface area contributed by atoms with Gasteiger partial charge in [0.05, 0.1) is 24.3 Å². The number of aliphatic hydroxyl groups excluding tert-OH is 1. The summed E-state index contributed by atoms with van der Waals surface area (Å²) in [6.07, 6.45) is 0.427. The van der Waals surface area contributed by atoms with E-state index in [0.29, 0.717) is 6.42 Å². The van der Waals surface area contributed by atoms with Crippen LogP contribution in [0.25, 0.3) is 0 Å². The Morgan fingerprint density at radius 1 is 1.14 bits per heavy atom. The SMILES string of the molecule is N#Cc1cc(F)c(NC(CO)Cc2ccccc2)c(F)c1. The third-order valence-electron chi connectivity index (χ3n) is 3.06. The molecule has 0 aliphatic rings. The van der Waals surface area contributed by atoms with Gasteiger partial charge in [0, 0.05) is 0 Å². The maximum absolute atomic E-state index is 13.8. The van der Waals surface area contributed by atoms with E-state index in [0.717, 1.165) is 17.7 Å². The van der Waals surface area contributed by atoms with Crippen LogP contribution in [-0.4, -0.2) is 17.8 Å². The summed E-state index contributed by atoms with van der Waals surface area (Å²) in [5.74, 6) is -1.70. The lowest BCUT2D eigenvalue weighted by atomic mass is 10.1. The number of nitrogens with one attached hydrogen (secondary N) is 1. The van der Waals surface area contributed by atoms with Crippen LogP contribution in [0.5, 0.6) is 0 Å². The van der Waals surface area contributed by atoms with Crippen LogP contribution in [0.2, 0.25) is 0 Å². The molecule has 0 aliphatic heterocycles. The molecule has 21 heavy (non-hydrogen) atoms. The molecule has 0 saturated heterocycles. The quantitative estimate of drug-likeness (QED) is 0.889. The molecule has 5 heteroatoms. The average Bonchev–Trinajstić information content (AvgIpc) is 2.50. The van der Waals surface area contributed by atoms with Gasteiger partial charge in [-0.05, 0) is 24.1 Å². The average molecular weight is 288 g/mol. The van der Waals surface area contributed by atoms with E-state index in [1.165, 1.54) is 0 Å². The summed E-state index contributed by atoms with van der Waals surface area (Å²) in [7, 11) is 0. The number of nitrogens with zero attached hydrogens (tertiary/aromatic N) is 1. The standard InChI is InChI=1S/C16H14F2N2O/c17-14-7-12(9-19)8-15(18)16(14)20-13(10-21)6-11-4-2-1-3-5-11/h1-5,7-8,13,20-21H,6,10H2. The minimum Gasteiger partial charge on any atom is -0.394 e. The van der Waals surface area contributed by atoms with Crippen LogP contribution in [0.3, 0.4) is 0 Å². The Hall–Kier alpha value is -2.45. The number of anilines is 1. The van der Waals surface area contributed by atoms with Crippen LogP contribution in [0.15, 0.2) is 42.5 Å². The highest BCUT2D eigenvalue weighted by molar-refractivity contribution is 5.51. The molecule has 1 unspecified atom stereocenters. The van der Waals surface area contributed by atoms with Crippen molar-refractivity contribution in [2.24, 2.45) is 0 Å². The van der Waals surface area contributed by atoms with Gasteiger partial charge < -0.3 is 10.4 Å². The minimum atomic E-state index is -0.849. The van der Waals surface area contributed by atoms with Gasteiger partial charge in [-0.3, -0.25) is 0 Å². The van der Waals surface area contributed by atoms with Crippen molar-refractivity contribution in [3.8, 4) is 6.07 Å². The summed E-state index contributed by atoms with van der Waals surface area (Å²) >= 11 is 0. The number of hydrogen-bond donors (Lipinski definition) is 2. The van der Waals surface area contributed by atoms with Gasteiger partial charge in [-0.25, -0.2) is 8.78 Å². The van der Waals surface area contributed by atoms with E-state index in [2.05, 4.69) is 5.32 Å². The molecule has 108 valence electrons. The van der Waals surface area contributed by atoms with Crippen molar-refractivity contribution in [3.05, 3.63) is 65.2 Å². The van der Waals surface area contributed by atoms with E-state index in [4.69, 9.17) is 5.26 Å². The first-order chi connectivity index (χ1) is 10.1. The van der Waals surface area contributed by atoms with Gasteiger partial charge in [0.25, 0.3) is 0 Å². The van der Waals surface area contributed by atoms with E-state index in [-0.39, 0.29) is 17.9 Å². The lowest BCUT2D eigenvalue weighted by Crippen LogP contribution is -2.27. The van der Waals surface area contributed by atoms with E-state index >= 15 is 0 Å². The molecule has 2 aromatic carbocycles. The van der Waals surface area contributed by atoms with Crippen LogP contribution in [0, 0.1) is 23.0 Å². The number of benzene rings is 2. The maximum atomic E-state index is 13.8. The van der Waals surface area contributed by atoms with Gasteiger partial charge in [-0.1, -0.05) is 30.3 Å². The molecular formula is C16H14F2N2O. The second-order valence-corrected chi connectivity index (χ2v) is 4.64. The highest BCUT2D eigenvalue weighted by Crippen LogP contribution is 2.22. The zero-order chi connectivity index (χ0) is 15.2. The fourth-order valence-corrected chi connectivity index (χ4v) is 2.04. The molecule has 0 heterocycles. The number of hydrogen-bond acceptors (Lipinski definition) is 3. The van der Waals surface area contributed by atoms with Crippen molar-refractivity contribution in [1.82, 2.24) is 0 Å². The molecule has 0 amide bonds. The summed E-state index contributed by atoms with van der Waals surface area (Å²) in [5.41, 5.74) is 0.529. The highest BCUT2D eigenvalue weighted by Gasteiger charge is 2.16. The highest BCUT2D eigenvalue weighted by atomic mass is 19.1. The molecule has 3 nitrogen and oxygen atoms in total. The smallest absolute Gasteiger partial charge is 0.150 e. The summed E-state index contributed by atoms with van der Waals surface area (Å²) in [5, 5.41) is 20.7. The Labute approximate surface area is 121 Å². The van der Waals surface area contributed by atoms with Crippen molar-refractivity contribution >= 4 is 5.69 Å². The molecule has 0 aromatic heterocycles. The third-order valence-corrected chi connectivity index (χ3v) is 3.06. The molecule has 0 aliphatic carbocycles. The number of aliphatic hydroxyl groups is 1. The second kappa shape index (κ2) is 6.82. The molecular weight excluding hydrogens is 274 g/mol. The van der Waals surface area contributed by atoms with Gasteiger partial charge in [0.1, 0.15) is 5.69 Å². The molecule has 1 atom stereocenters. The Morgan fingerprint density at radius 2 is 1.76 bits per heavy atom. The largest absolute Gasteiger partial charge is 0.394 e. The molecule has 0 spiro atoms. The third kappa shape index (κ3) is 3.77. The number of nitriles is 1. The fourth-order valence-electron chi connectivity index (χ4n) is 2.04. The molecule has 0 bridgehead atoms. The first kappa shape index (κ1) is 14.9. The predicted molar refractivity (Wildman–Crippen MR) is 75.7 cm³/mol. The lowest BCUT2D eigenvalue weighted by Gasteiger charge is -2.18. The Bertz CT molecular complexity index is 630. The molecule has 2 aromatic rings. The molecule has 2 rings (SSSR count). The van der Waals surface area contributed by atoms with Crippen LogP contribution in [0.4, 0.5) is 14.5 Å². The van der Waals surface area contributed by atoms with Crippen LogP contribution >= 0.6 is 0 Å². The predicted octanol–water partition coefficient (Wildman–Crippen LogP) is 2.85. The monoisotopic (exact) mass is 288 g/mol. The first-order valence-electron chi connectivity index (χ1n) is 6.44. The molecule has 0 fully saturated rings. The molecule has 2 N–H and O–H groups in total. The van der Waals surface area contributed by atoms with Gasteiger partial charge in [-0.2, -0.15) is 5.26 Å². The second-order valence-electron chi connectivity index (χ2n) is 4.64. The Morgan fingerprint density at radius 3 is 2.29 bits per heavy atom. The van der Waals surface area contributed by atoms with E-state index < -0.39 is 17.7 Å². The maximum Gasteiger partial charge on any atom is 0.150 e. The van der Waals surface area contributed by atoms with Crippen LogP contribution in [0.1, 0.15) is 11.1 Å². The zero-order valence-corrected chi connectivity index (χ0v) is 11.2. The van der Waals surface area contributed by atoms with Crippen LogP contribution < -0.4 is 5.32 Å².